The van der Waals surface area contributed by atoms with E-state index in [4.69, 9.17) is 4.74 Å². The number of fused-ring (bicyclic) bond motifs is 2. The fourth-order valence-corrected chi connectivity index (χ4v) is 3.77. The maximum absolute atomic E-state index is 13.1. The first-order valence-corrected chi connectivity index (χ1v) is 8.56. The van der Waals surface area contributed by atoms with Crippen molar-refractivity contribution in [3.8, 4) is 11.5 Å². The van der Waals surface area contributed by atoms with Gasteiger partial charge in [-0.05, 0) is 37.8 Å². The molecule has 1 aliphatic heterocycles. The van der Waals surface area contributed by atoms with Crippen LogP contribution in [0.3, 0.4) is 0 Å². The Labute approximate surface area is 141 Å². The molecule has 4 rings (SSSR count). The van der Waals surface area contributed by atoms with Crippen LogP contribution in [0.1, 0.15) is 42.7 Å². The zero-order valence-electron chi connectivity index (χ0n) is 13.4. The topological polar surface area (TPSA) is 58.6 Å². The van der Waals surface area contributed by atoms with Gasteiger partial charge in [-0.2, -0.15) is 0 Å². The fourth-order valence-electron chi connectivity index (χ4n) is 3.77. The Balaban J connectivity index is 1.65. The van der Waals surface area contributed by atoms with Gasteiger partial charge >= 0.3 is 0 Å². The van der Waals surface area contributed by atoms with Gasteiger partial charge in [0.05, 0.1) is 12.0 Å². The molecule has 2 aromatic rings. The minimum atomic E-state index is -0.370. The number of carbonyl (C=O) groups excluding carboxylic acids is 1. The van der Waals surface area contributed by atoms with E-state index < -0.39 is 0 Å². The Morgan fingerprint density at radius 2 is 1.62 bits per heavy atom. The van der Waals surface area contributed by atoms with Crippen molar-refractivity contribution in [3.05, 3.63) is 59.7 Å². The van der Waals surface area contributed by atoms with Crippen LogP contribution in [0.4, 0.5) is 0 Å². The molecule has 4 heteroatoms. The first-order valence-electron chi connectivity index (χ1n) is 8.56. The predicted molar refractivity (Wildman–Crippen MR) is 91.2 cm³/mol. The van der Waals surface area contributed by atoms with E-state index in [0.29, 0.717) is 6.42 Å². The van der Waals surface area contributed by atoms with Crippen molar-refractivity contribution in [1.29, 1.82) is 0 Å². The number of benzene rings is 2. The van der Waals surface area contributed by atoms with Gasteiger partial charge in [-0.15, -0.1) is 0 Å². The SMILES string of the molecule is O=C(N[C@@H]1CCC[C@H](O)C1)C1c2ccccc2Oc2ccccc21. The minimum Gasteiger partial charge on any atom is -0.457 e. The van der Waals surface area contributed by atoms with Crippen LogP contribution in [0.2, 0.25) is 0 Å². The first-order chi connectivity index (χ1) is 11.7. The zero-order valence-corrected chi connectivity index (χ0v) is 13.4. The minimum absolute atomic E-state index is 0.0164. The molecule has 2 atom stereocenters. The Hall–Kier alpha value is -2.33. The van der Waals surface area contributed by atoms with Gasteiger partial charge in [-0.1, -0.05) is 36.4 Å². The van der Waals surface area contributed by atoms with Gasteiger partial charge in [0, 0.05) is 17.2 Å². The van der Waals surface area contributed by atoms with Crippen molar-refractivity contribution in [1.82, 2.24) is 5.32 Å². The van der Waals surface area contributed by atoms with Crippen LogP contribution in [-0.2, 0) is 4.79 Å². The highest BCUT2D eigenvalue weighted by molar-refractivity contribution is 5.89. The molecule has 0 aromatic heterocycles. The Morgan fingerprint density at radius 3 is 2.25 bits per heavy atom. The van der Waals surface area contributed by atoms with E-state index in [2.05, 4.69) is 5.32 Å². The molecule has 2 N–H and O–H groups in total. The van der Waals surface area contributed by atoms with E-state index in [0.717, 1.165) is 41.9 Å². The quantitative estimate of drug-likeness (QED) is 0.891. The number of ether oxygens (including phenoxy) is 1. The number of nitrogens with one attached hydrogen (secondary N) is 1. The molecule has 124 valence electrons. The summed E-state index contributed by atoms with van der Waals surface area (Å²) in [5.74, 6) is 1.09. The second-order valence-electron chi connectivity index (χ2n) is 6.64. The largest absolute Gasteiger partial charge is 0.457 e. The van der Waals surface area contributed by atoms with E-state index in [1.165, 1.54) is 0 Å². The molecule has 24 heavy (non-hydrogen) atoms. The molecule has 1 saturated carbocycles. The second-order valence-corrected chi connectivity index (χ2v) is 6.64. The summed E-state index contributed by atoms with van der Waals surface area (Å²) < 4.78 is 5.94. The zero-order chi connectivity index (χ0) is 16.5. The number of aliphatic hydroxyl groups excluding tert-OH is 1. The number of hydrogen-bond donors (Lipinski definition) is 2. The van der Waals surface area contributed by atoms with Crippen LogP contribution in [0.15, 0.2) is 48.5 Å². The normalized spacial score (nSPS) is 22.9. The highest BCUT2D eigenvalue weighted by Gasteiger charge is 2.34. The van der Waals surface area contributed by atoms with Gasteiger partial charge in [-0.3, -0.25) is 4.79 Å². The highest BCUT2D eigenvalue weighted by atomic mass is 16.5. The number of rotatable bonds is 2. The molecule has 0 spiro atoms. The van der Waals surface area contributed by atoms with Crippen LogP contribution < -0.4 is 10.1 Å². The standard InChI is InChI=1S/C20H21NO3/c22-14-7-5-6-13(12-14)21-20(23)19-15-8-1-3-10-17(15)24-18-11-4-2-9-16(18)19/h1-4,8-11,13-14,19,22H,5-7,12H2,(H,21,23)/t13-,14+/m1/s1. The maximum atomic E-state index is 13.1. The van der Waals surface area contributed by atoms with Crippen LogP contribution >= 0.6 is 0 Å². The van der Waals surface area contributed by atoms with Crippen LogP contribution in [0.25, 0.3) is 0 Å². The highest BCUT2D eigenvalue weighted by Crippen LogP contribution is 2.44. The third kappa shape index (κ3) is 2.78. The monoisotopic (exact) mass is 323 g/mol. The molecule has 2 aliphatic rings. The van der Waals surface area contributed by atoms with Gasteiger partial charge < -0.3 is 15.2 Å². The third-order valence-electron chi connectivity index (χ3n) is 4.94. The molecular formula is C20H21NO3. The van der Waals surface area contributed by atoms with E-state index in [9.17, 15) is 9.90 Å². The predicted octanol–water partition coefficient (Wildman–Crippen LogP) is 3.34. The molecule has 0 bridgehead atoms. The summed E-state index contributed by atoms with van der Waals surface area (Å²) in [6.07, 6.45) is 3.04. The molecule has 4 nitrogen and oxygen atoms in total. The Bertz CT molecular complexity index is 713. The van der Waals surface area contributed by atoms with Gasteiger partial charge in [0.1, 0.15) is 11.5 Å². The lowest BCUT2D eigenvalue weighted by Crippen LogP contribution is -2.42. The number of carbonyl (C=O) groups is 1. The van der Waals surface area contributed by atoms with Crippen molar-refractivity contribution < 1.29 is 14.6 Å². The fraction of sp³-hybridized carbons (Fsp3) is 0.350. The molecule has 0 unspecified atom stereocenters. The summed E-state index contributed by atoms with van der Waals surface area (Å²) in [6.45, 7) is 0. The van der Waals surface area contributed by atoms with Crippen molar-refractivity contribution in [2.75, 3.05) is 0 Å². The Kier molecular flexibility index (Phi) is 3.98. The van der Waals surface area contributed by atoms with Gasteiger partial charge in [0.25, 0.3) is 0 Å². The van der Waals surface area contributed by atoms with Crippen molar-refractivity contribution >= 4 is 5.91 Å². The van der Waals surface area contributed by atoms with Crippen molar-refractivity contribution in [2.24, 2.45) is 0 Å². The van der Waals surface area contributed by atoms with Gasteiger partial charge in [0.15, 0.2) is 0 Å². The number of para-hydroxylation sites is 2. The number of hydrogen-bond acceptors (Lipinski definition) is 3. The lowest BCUT2D eigenvalue weighted by molar-refractivity contribution is -0.123. The summed E-state index contributed by atoms with van der Waals surface area (Å²) in [5.41, 5.74) is 1.79. The lowest BCUT2D eigenvalue weighted by Gasteiger charge is -2.31. The maximum Gasteiger partial charge on any atom is 0.232 e. The van der Waals surface area contributed by atoms with E-state index in [-0.39, 0.29) is 24.0 Å². The molecule has 1 amide bonds. The average Bonchev–Trinajstić information content (AvgIpc) is 2.59. The van der Waals surface area contributed by atoms with Crippen LogP contribution in [0.5, 0.6) is 11.5 Å². The van der Waals surface area contributed by atoms with E-state index in [1.54, 1.807) is 0 Å². The molecule has 2 aromatic carbocycles. The summed E-state index contributed by atoms with van der Waals surface area (Å²) in [5, 5.41) is 13.0. The molecule has 0 saturated heterocycles. The summed E-state index contributed by atoms with van der Waals surface area (Å²) in [4.78, 5) is 13.1. The van der Waals surface area contributed by atoms with Crippen LogP contribution in [0, 0.1) is 0 Å². The Morgan fingerprint density at radius 1 is 1.00 bits per heavy atom. The summed E-state index contributed by atoms with van der Waals surface area (Å²) >= 11 is 0. The van der Waals surface area contributed by atoms with Gasteiger partial charge in [-0.25, -0.2) is 0 Å². The molecule has 0 radical (unpaired) electrons. The smallest absolute Gasteiger partial charge is 0.232 e. The van der Waals surface area contributed by atoms with E-state index >= 15 is 0 Å². The van der Waals surface area contributed by atoms with Crippen molar-refractivity contribution in [2.45, 2.75) is 43.7 Å². The summed E-state index contributed by atoms with van der Waals surface area (Å²) in [6, 6.07) is 15.4. The number of aliphatic hydroxyl groups is 1. The molecule has 1 aliphatic carbocycles. The summed E-state index contributed by atoms with van der Waals surface area (Å²) in [7, 11) is 0. The average molecular weight is 323 g/mol. The molecule has 1 fully saturated rings. The van der Waals surface area contributed by atoms with Crippen molar-refractivity contribution in [3.63, 3.8) is 0 Å². The molecule has 1 heterocycles. The number of amides is 1. The second kappa shape index (κ2) is 6.29. The molecular weight excluding hydrogens is 302 g/mol. The van der Waals surface area contributed by atoms with Crippen LogP contribution in [-0.4, -0.2) is 23.2 Å². The third-order valence-corrected chi connectivity index (χ3v) is 4.94. The van der Waals surface area contributed by atoms with Gasteiger partial charge in [0.2, 0.25) is 5.91 Å². The lowest BCUT2D eigenvalue weighted by atomic mass is 9.86. The first kappa shape index (κ1) is 15.2. The van der Waals surface area contributed by atoms with E-state index in [1.807, 2.05) is 48.5 Å².